The van der Waals surface area contributed by atoms with Crippen LogP contribution in [-0.4, -0.2) is 6.61 Å². The summed E-state index contributed by atoms with van der Waals surface area (Å²) in [6.45, 7) is 1.29. The predicted molar refractivity (Wildman–Crippen MR) is 36.3 cm³/mol. The average Bonchev–Trinajstić information content (AvgIpc) is 2.03. The molecule has 2 heteroatoms. The fourth-order valence-corrected chi connectivity index (χ4v) is 0.627. The minimum atomic E-state index is -0.107. The molecule has 0 spiro atoms. The first-order valence-electron chi connectivity index (χ1n) is 2.95. The first-order chi connectivity index (χ1) is 4.93. The Balaban J connectivity index is 2.43. The van der Waals surface area contributed by atoms with Gasteiger partial charge in [0.25, 0.3) is 0 Å². The second-order valence-corrected chi connectivity index (χ2v) is 1.74. The lowest BCUT2D eigenvalue weighted by molar-refractivity contribution is 0.313. The van der Waals surface area contributed by atoms with Crippen molar-refractivity contribution in [1.82, 2.24) is 0 Å². The Kier molecular flexibility index (Phi) is 2.74. The molecule has 1 nitrogen and oxygen atoms in total. The molecule has 0 aliphatic rings. The van der Waals surface area contributed by atoms with Crippen LogP contribution in [0, 0.1) is 6.67 Å². The highest BCUT2D eigenvalue weighted by molar-refractivity contribution is 5.20. The van der Waals surface area contributed by atoms with E-state index in [1.165, 1.54) is 6.67 Å². The van der Waals surface area contributed by atoms with Gasteiger partial charge in [-0.05, 0) is 12.1 Å². The number of hydrogen-bond donors (Lipinski definition) is 0. The van der Waals surface area contributed by atoms with Crippen LogP contribution in [0.2, 0.25) is 0 Å². The van der Waals surface area contributed by atoms with Gasteiger partial charge in [0.1, 0.15) is 12.4 Å². The molecule has 0 bridgehead atoms. The number of hydrogen-bond acceptors (Lipinski definition) is 1. The summed E-state index contributed by atoms with van der Waals surface area (Å²) < 4.78 is 16.2. The van der Waals surface area contributed by atoms with Gasteiger partial charge < -0.3 is 4.74 Å². The number of ether oxygens (including phenoxy) is 1. The summed E-state index contributed by atoms with van der Waals surface area (Å²) in [5.74, 6) is 0.660. The minimum absolute atomic E-state index is 0.107. The van der Waals surface area contributed by atoms with E-state index in [0.717, 1.165) is 0 Å². The maximum absolute atomic E-state index is 11.3. The average molecular weight is 138 g/mol. The van der Waals surface area contributed by atoms with Crippen molar-refractivity contribution in [1.29, 1.82) is 0 Å². The lowest BCUT2D eigenvalue weighted by Gasteiger charge is -1.99. The fourth-order valence-electron chi connectivity index (χ4n) is 0.627. The molecule has 10 heavy (non-hydrogen) atoms. The van der Waals surface area contributed by atoms with Crippen molar-refractivity contribution in [3.63, 3.8) is 0 Å². The van der Waals surface area contributed by atoms with E-state index in [9.17, 15) is 4.39 Å². The minimum Gasteiger partial charge on any atom is -0.490 e. The third-order valence-corrected chi connectivity index (χ3v) is 1.04. The van der Waals surface area contributed by atoms with E-state index < -0.39 is 0 Å². The molecule has 0 aromatic heterocycles. The second kappa shape index (κ2) is 3.88. The maximum atomic E-state index is 11.3. The van der Waals surface area contributed by atoms with E-state index in [2.05, 4.69) is 0 Å². The molecule has 0 amide bonds. The highest BCUT2D eigenvalue weighted by atomic mass is 19.1. The van der Waals surface area contributed by atoms with Gasteiger partial charge in [-0.1, -0.05) is 18.2 Å². The van der Waals surface area contributed by atoms with Gasteiger partial charge in [0.2, 0.25) is 6.67 Å². The molecule has 52 valence electrons. The highest BCUT2D eigenvalue weighted by Crippen LogP contribution is 2.07. The van der Waals surface area contributed by atoms with Crippen molar-refractivity contribution in [3.8, 4) is 5.75 Å². The predicted octanol–water partition coefficient (Wildman–Crippen LogP) is 2.07. The Morgan fingerprint density at radius 2 is 2.00 bits per heavy atom. The van der Waals surface area contributed by atoms with E-state index in [1.54, 1.807) is 12.1 Å². The van der Waals surface area contributed by atoms with E-state index in [-0.39, 0.29) is 6.61 Å². The van der Waals surface area contributed by atoms with Crippen molar-refractivity contribution in [2.24, 2.45) is 0 Å². The Hall–Kier alpha value is -1.05. The Morgan fingerprint density at radius 3 is 2.60 bits per heavy atom. The fraction of sp³-hybridized carbons (Fsp3) is 0.125. The van der Waals surface area contributed by atoms with Crippen LogP contribution in [0.5, 0.6) is 5.75 Å². The molecular weight excluding hydrogens is 131 g/mol. The quantitative estimate of drug-likeness (QED) is 0.621. The van der Waals surface area contributed by atoms with Crippen LogP contribution >= 0.6 is 0 Å². The van der Waals surface area contributed by atoms with Gasteiger partial charge in [0.05, 0.1) is 0 Å². The molecule has 1 aromatic carbocycles. The molecule has 0 saturated heterocycles. The van der Waals surface area contributed by atoms with Crippen molar-refractivity contribution < 1.29 is 9.13 Å². The van der Waals surface area contributed by atoms with Gasteiger partial charge in [-0.2, -0.15) is 0 Å². The molecule has 0 heterocycles. The van der Waals surface area contributed by atoms with E-state index in [0.29, 0.717) is 5.75 Å². The third kappa shape index (κ3) is 2.05. The van der Waals surface area contributed by atoms with Crippen molar-refractivity contribution in [2.45, 2.75) is 0 Å². The molecule has 1 rings (SSSR count). The molecule has 0 unspecified atom stereocenters. The van der Waals surface area contributed by atoms with Gasteiger partial charge in [0.15, 0.2) is 0 Å². The van der Waals surface area contributed by atoms with Crippen LogP contribution in [0.1, 0.15) is 0 Å². The monoisotopic (exact) mass is 138 g/mol. The summed E-state index contributed by atoms with van der Waals surface area (Å²) >= 11 is 0. The van der Waals surface area contributed by atoms with Crippen LogP contribution in [0.15, 0.2) is 30.3 Å². The first-order valence-corrected chi connectivity index (χ1v) is 2.95. The van der Waals surface area contributed by atoms with Gasteiger partial charge in [-0.15, -0.1) is 0 Å². The third-order valence-electron chi connectivity index (χ3n) is 1.04. The van der Waals surface area contributed by atoms with E-state index >= 15 is 0 Å². The van der Waals surface area contributed by atoms with Gasteiger partial charge >= 0.3 is 0 Å². The van der Waals surface area contributed by atoms with Crippen LogP contribution < -0.4 is 4.74 Å². The van der Waals surface area contributed by atoms with Crippen molar-refractivity contribution in [3.05, 3.63) is 37.0 Å². The maximum Gasteiger partial charge on any atom is 0.225 e. The Morgan fingerprint density at radius 1 is 1.30 bits per heavy atom. The van der Waals surface area contributed by atoms with Crippen LogP contribution in [0.4, 0.5) is 4.39 Å². The molecule has 0 fully saturated rings. The molecule has 0 saturated carbocycles. The molecule has 2 radical (unpaired) electrons. The zero-order valence-electron chi connectivity index (χ0n) is 5.38. The van der Waals surface area contributed by atoms with E-state index in [4.69, 9.17) is 4.74 Å². The van der Waals surface area contributed by atoms with Crippen molar-refractivity contribution >= 4 is 0 Å². The Bertz CT molecular complexity index is 174. The molecule has 0 aliphatic heterocycles. The van der Waals surface area contributed by atoms with Crippen LogP contribution in [0.3, 0.4) is 0 Å². The van der Waals surface area contributed by atoms with Gasteiger partial charge in [0, 0.05) is 0 Å². The molecule has 1 aromatic rings. The normalized spacial score (nSPS) is 9.30. The van der Waals surface area contributed by atoms with Crippen molar-refractivity contribution in [2.75, 3.05) is 6.61 Å². The SMILES string of the molecule is F[C]COc1ccccc1. The number of para-hydroxylation sites is 1. The zero-order chi connectivity index (χ0) is 7.23. The number of rotatable bonds is 3. The lowest BCUT2D eigenvalue weighted by atomic mass is 10.3. The van der Waals surface area contributed by atoms with Gasteiger partial charge in [-0.3, -0.25) is 0 Å². The highest BCUT2D eigenvalue weighted by Gasteiger charge is 1.89. The summed E-state index contributed by atoms with van der Waals surface area (Å²) in [4.78, 5) is 0. The molecular formula is C8H7FO. The topological polar surface area (TPSA) is 9.23 Å². The molecule has 0 atom stereocenters. The largest absolute Gasteiger partial charge is 0.490 e. The Labute approximate surface area is 59.4 Å². The second-order valence-electron chi connectivity index (χ2n) is 1.74. The van der Waals surface area contributed by atoms with E-state index in [1.807, 2.05) is 18.2 Å². The smallest absolute Gasteiger partial charge is 0.225 e. The molecule has 0 N–H and O–H groups in total. The summed E-state index contributed by atoms with van der Waals surface area (Å²) in [5, 5.41) is 0. The summed E-state index contributed by atoms with van der Waals surface area (Å²) in [7, 11) is 0. The number of halogens is 1. The van der Waals surface area contributed by atoms with Crippen LogP contribution in [-0.2, 0) is 0 Å². The molecule has 0 aliphatic carbocycles. The zero-order valence-corrected chi connectivity index (χ0v) is 5.38. The summed E-state index contributed by atoms with van der Waals surface area (Å²) in [6, 6.07) is 9.05. The standard InChI is InChI=1S/C8H7FO/c9-6-7-10-8-4-2-1-3-5-8/h1-5H,7H2. The van der Waals surface area contributed by atoms with Gasteiger partial charge in [-0.25, -0.2) is 4.39 Å². The number of benzene rings is 1. The summed E-state index contributed by atoms with van der Waals surface area (Å²) in [6.07, 6.45) is 0. The first kappa shape index (κ1) is 7.06. The van der Waals surface area contributed by atoms with Crippen LogP contribution in [0.25, 0.3) is 0 Å². The lowest BCUT2D eigenvalue weighted by Crippen LogP contribution is -1.93. The summed E-state index contributed by atoms with van der Waals surface area (Å²) in [5.41, 5.74) is 0.